The van der Waals surface area contributed by atoms with E-state index < -0.39 is 17.3 Å². The van der Waals surface area contributed by atoms with E-state index in [-0.39, 0.29) is 18.6 Å². The molecule has 0 aromatic carbocycles. The van der Waals surface area contributed by atoms with Crippen molar-refractivity contribution in [3.63, 3.8) is 0 Å². The molecule has 1 aliphatic heterocycles. The number of hydrogen-bond acceptors (Lipinski definition) is 3. The van der Waals surface area contributed by atoms with Gasteiger partial charge in [-0.25, -0.2) is 4.68 Å². The van der Waals surface area contributed by atoms with E-state index in [4.69, 9.17) is 0 Å². The first-order chi connectivity index (χ1) is 11.3. The number of nitrogens with zero attached hydrogens (tertiary/aromatic N) is 3. The summed E-state index contributed by atoms with van der Waals surface area (Å²) in [5, 5.41) is 4.26. The van der Waals surface area contributed by atoms with Gasteiger partial charge in [0.15, 0.2) is 0 Å². The number of aromatic nitrogens is 2. The lowest BCUT2D eigenvalue weighted by Crippen LogP contribution is -2.46. The third-order valence-electron chi connectivity index (χ3n) is 5.04. The fourth-order valence-corrected chi connectivity index (χ4v) is 3.56. The molecule has 1 saturated carbocycles. The number of rotatable bonds is 4. The highest BCUT2D eigenvalue weighted by Gasteiger charge is 2.38. The summed E-state index contributed by atoms with van der Waals surface area (Å²) in [5.74, 6) is 0.468. The van der Waals surface area contributed by atoms with Crippen LogP contribution in [-0.4, -0.2) is 27.3 Å². The van der Waals surface area contributed by atoms with Crippen molar-refractivity contribution >= 4 is 0 Å². The Morgan fingerprint density at radius 1 is 1.25 bits per heavy atom. The number of halogens is 3. The van der Waals surface area contributed by atoms with Gasteiger partial charge in [-0.15, -0.1) is 0 Å². The van der Waals surface area contributed by atoms with Gasteiger partial charge in [-0.2, -0.15) is 18.3 Å². The SMILES string of the molecule is CC(C)[C@H]1CCCCN1Cn1nc(C2CC2)cc(C(F)(F)F)c1=O. The van der Waals surface area contributed by atoms with Gasteiger partial charge in [0.2, 0.25) is 0 Å². The third kappa shape index (κ3) is 3.66. The van der Waals surface area contributed by atoms with Crippen LogP contribution < -0.4 is 5.56 Å². The van der Waals surface area contributed by atoms with Crippen LogP contribution in [0.5, 0.6) is 0 Å². The zero-order valence-electron chi connectivity index (χ0n) is 14.1. The molecule has 134 valence electrons. The van der Waals surface area contributed by atoms with Gasteiger partial charge >= 0.3 is 6.18 Å². The van der Waals surface area contributed by atoms with Crippen LogP contribution in [0.1, 0.15) is 63.1 Å². The average molecular weight is 343 g/mol. The van der Waals surface area contributed by atoms with Gasteiger partial charge in [-0.3, -0.25) is 9.69 Å². The Hall–Kier alpha value is -1.37. The van der Waals surface area contributed by atoms with E-state index in [0.29, 0.717) is 11.6 Å². The van der Waals surface area contributed by atoms with Crippen LogP contribution in [0.15, 0.2) is 10.9 Å². The van der Waals surface area contributed by atoms with E-state index in [1.54, 1.807) is 0 Å². The van der Waals surface area contributed by atoms with E-state index in [0.717, 1.165) is 49.4 Å². The van der Waals surface area contributed by atoms with E-state index in [1.165, 1.54) is 0 Å². The summed E-state index contributed by atoms with van der Waals surface area (Å²) in [5.41, 5.74) is -1.71. The first kappa shape index (κ1) is 17.5. The lowest BCUT2D eigenvalue weighted by atomic mass is 9.93. The Kier molecular flexibility index (Phi) is 4.73. The lowest BCUT2D eigenvalue weighted by molar-refractivity contribution is -0.139. The number of alkyl halides is 3. The molecule has 2 heterocycles. The first-order valence-electron chi connectivity index (χ1n) is 8.70. The molecule has 2 aliphatic rings. The molecule has 1 saturated heterocycles. The van der Waals surface area contributed by atoms with Crippen LogP contribution in [-0.2, 0) is 12.8 Å². The van der Waals surface area contributed by atoms with Crippen LogP contribution in [0.3, 0.4) is 0 Å². The van der Waals surface area contributed by atoms with Crippen molar-refractivity contribution in [3.8, 4) is 0 Å². The van der Waals surface area contributed by atoms with Gasteiger partial charge < -0.3 is 0 Å². The topological polar surface area (TPSA) is 38.1 Å². The van der Waals surface area contributed by atoms with Crippen molar-refractivity contribution < 1.29 is 13.2 Å². The van der Waals surface area contributed by atoms with Crippen LogP contribution in [0, 0.1) is 5.92 Å². The molecule has 0 bridgehead atoms. The van der Waals surface area contributed by atoms with Crippen LogP contribution in [0.2, 0.25) is 0 Å². The van der Waals surface area contributed by atoms with Gasteiger partial charge in [0.25, 0.3) is 5.56 Å². The fraction of sp³-hybridized carbons (Fsp3) is 0.765. The maximum Gasteiger partial charge on any atom is 0.421 e. The molecule has 1 aromatic rings. The first-order valence-corrected chi connectivity index (χ1v) is 8.70. The standard InChI is InChI=1S/C17H24F3N3O/c1-11(2)15-5-3-4-8-22(15)10-23-16(24)13(17(18,19)20)9-14(21-23)12-6-7-12/h9,11-12,15H,3-8,10H2,1-2H3/t15-/m1/s1. The molecular formula is C17H24F3N3O. The highest BCUT2D eigenvalue weighted by Crippen LogP contribution is 2.40. The Balaban J connectivity index is 1.94. The van der Waals surface area contributed by atoms with E-state index in [9.17, 15) is 18.0 Å². The number of likely N-dealkylation sites (tertiary alicyclic amines) is 1. The molecule has 2 fully saturated rings. The van der Waals surface area contributed by atoms with Crippen molar-refractivity contribution in [2.75, 3.05) is 6.54 Å². The molecular weight excluding hydrogens is 319 g/mol. The van der Waals surface area contributed by atoms with Crippen molar-refractivity contribution in [3.05, 3.63) is 27.7 Å². The predicted octanol–water partition coefficient (Wildman–Crippen LogP) is 3.61. The molecule has 0 N–H and O–H groups in total. The predicted molar refractivity (Wildman–Crippen MR) is 84.7 cm³/mol. The summed E-state index contributed by atoms with van der Waals surface area (Å²) < 4.78 is 40.7. The molecule has 1 atom stereocenters. The van der Waals surface area contributed by atoms with Crippen LogP contribution in [0.4, 0.5) is 13.2 Å². The van der Waals surface area contributed by atoms with Crippen molar-refractivity contribution in [2.24, 2.45) is 5.92 Å². The van der Waals surface area contributed by atoms with Crippen LogP contribution >= 0.6 is 0 Å². The van der Waals surface area contributed by atoms with Gasteiger partial charge in [0.05, 0.1) is 12.4 Å². The van der Waals surface area contributed by atoms with Gasteiger partial charge in [0, 0.05) is 18.5 Å². The maximum atomic E-state index is 13.2. The van der Waals surface area contributed by atoms with E-state index >= 15 is 0 Å². The largest absolute Gasteiger partial charge is 0.421 e. The minimum atomic E-state index is -4.63. The molecule has 7 heteroatoms. The number of piperidine rings is 1. The minimum Gasteiger partial charge on any atom is -0.281 e. The van der Waals surface area contributed by atoms with Gasteiger partial charge in [0.1, 0.15) is 5.56 Å². The second-order valence-electron chi connectivity index (χ2n) is 7.32. The monoisotopic (exact) mass is 343 g/mol. The second kappa shape index (κ2) is 6.50. The van der Waals surface area contributed by atoms with Crippen molar-refractivity contribution in [1.82, 2.24) is 14.7 Å². The van der Waals surface area contributed by atoms with Crippen molar-refractivity contribution in [2.45, 2.75) is 70.8 Å². The summed E-state index contributed by atoms with van der Waals surface area (Å²) in [4.78, 5) is 14.4. The number of hydrogen-bond donors (Lipinski definition) is 0. The minimum absolute atomic E-state index is 0.0696. The molecule has 0 spiro atoms. The third-order valence-corrected chi connectivity index (χ3v) is 5.04. The Bertz CT molecular complexity index is 649. The van der Waals surface area contributed by atoms with Gasteiger partial charge in [-0.1, -0.05) is 20.3 Å². The Morgan fingerprint density at radius 2 is 1.96 bits per heavy atom. The highest BCUT2D eigenvalue weighted by molar-refractivity contribution is 5.22. The maximum absolute atomic E-state index is 13.2. The molecule has 24 heavy (non-hydrogen) atoms. The summed E-state index contributed by atoms with van der Waals surface area (Å²) in [6, 6.07) is 1.23. The zero-order valence-corrected chi connectivity index (χ0v) is 14.1. The van der Waals surface area contributed by atoms with E-state index in [1.807, 2.05) is 0 Å². The molecule has 1 aromatic heterocycles. The molecule has 4 nitrogen and oxygen atoms in total. The molecule has 0 amide bonds. The Morgan fingerprint density at radius 3 is 2.54 bits per heavy atom. The molecule has 0 unspecified atom stereocenters. The fourth-order valence-electron chi connectivity index (χ4n) is 3.56. The van der Waals surface area contributed by atoms with Crippen LogP contribution in [0.25, 0.3) is 0 Å². The average Bonchev–Trinajstić information content (AvgIpc) is 3.33. The second-order valence-corrected chi connectivity index (χ2v) is 7.32. The highest BCUT2D eigenvalue weighted by atomic mass is 19.4. The van der Waals surface area contributed by atoms with E-state index in [2.05, 4.69) is 23.8 Å². The zero-order chi connectivity index (χ0) is 17.5. The van der Waals surface area contributed by atoms with Crippen molar-refractivity contribution in [1.29, 1.82) is 0 Å². The smallest absolute Gasteiger partial charge is 0.281 e. The Labute approximate surface area is 139 Å². The quantitative estimate of drug-likeness (QED) is 0.838. The molecule has 3 rings (SSSR count). The summed E-state index contributed by atoms with van der Waals surface area (Å²) in [6.45, 7) is 5.17. The lowest BCUT2D eigenvalue weighted by Gasteiger charge is -2.38. The summed E-state index contributed by atoms with van der Waals surface area (Å²) in [7, 11) is 0. The normalized spacial score (nSPS) is 23.0. The summed E-state index contributed by atoms with van der Waals surface area (Å²) >= 11 is 0. The molecule has 1 aliphatic carbocycles. The van der Waals surface area contributed by atoms with Gasteiger partial charge in [-0.05, 0) is 37.7 Å². The summed E-state index contributed by atoms with van der Waals surface area (Å²) in [6.07, 6.45) is 0.206. The molecule has 0 radical (unpaired) electrons.